The first-order valence-electron chi connectivity index (χ1n) is 16.6. The number of aliphatic hydroxyl groups excluding tert-OH is 2. The van der Waals surface area contributed by atoms with Crippen molar-refractivity contribution in [1.29, 1.82) is 0 Å². The lowest BCUT2D eigenvalue weighted by Crippen LogP contribution is -3.00. The molecule has 1 unspecified atom stereocenters. The molecular formula is C33H67ClN2O4. The van der Waals surface area contributed by atoms with Crippen LogP contribution in [0.4, 0.5) is 0 Å². The Bertz CT molecular complexity index is 583. The Hall–Kier alpha value is -0.690. The molecule has 0 aromatic carbocycles. The first-order valence-corrected chi connectivity index (χ1v) is 16.6. The number of carbonyl (C=O) groups is 2. The molecule has 0 aliphatic heterocycles. The van der Waals surface area contributed by atoms with Crippen molar-refractivity contribution in [2.75, 3.05) is 47.4 Å². The molecule has 0 heterocycles. The number of aliphatic hydroxyl groups is 2. The largest absolute Gasteiger partial charge is 1.00 e. The highest BCUT2D eigenvalue weighted by Crippen LogP contribution is 2.16. The van der Waals surface area contributed by atoms with Crippen molar-refractivity contribution in [3.63, 3.8) is 0 Å². The summed E-state index contributed by atoms with van der Waals surface area (Å²) in [7, 11) is 5.72. The number of rotatable bonds is 29. The van der Waals surface area contributed by atoms with E-state index >= 15 is 0 Å². The van der Waals surface area contributed by atoms with Crippen LogP contribution in [0.2, 0.25) is 0 Å². The Labute approximate surface area is 254 Å². The molecule has 0 aliphatic rings. The maximum atomic E-state index is 12.7. The number of carbonyl (C=O) groups excluding carboxylic acids is 2. The van der Waals surface area contributed by atoms with Gasteiger partial charge in [-0.05, 0) is 6.42 Å². The van der Waals surface area contributed by atoms with Crippen molar-refractivity contribution in [1.82, 2.24) is 4.90 Å². The topological polar surface area (TPSA) is 77.8 Å². The van der Waals surface area contributed by atoms with E-state index in [-0.39, 0.29) is 50.4 Å². The molecule has 0 radical (unpaired) electrons. The van der Waals surface area contributed by atoms with Gasteiger partial charge in [-0.15, -0.1) is 0 Å². The third-order valence-corrected chi connectivity index (χ3v) is 7.72. The van der Waals surface area contributed by atoms with Crippen LogP contribution in [-0.2, 0) is 9.59 Å². The summed E-state index contributed by atoms with van der Waals surface area (Å²) in [4.78, 5) is 26.7. The van der Waals surface area contributed by atoms with Crippen molar-refractivity contribution in [2.45, 2.75) is 154 Å². The molecule has 0 bridgehead atoms. The van der Waals surface area contributed by atoms with Gasteiger partial charge in [-0.2, -0.15) is 0 Å². The Morgan fingerprint density at radius 3 is 1.27 bits per heavy atom. The van der Waals surface area contributed by atoms with Gasteiger partial charge in [0.15, 0.2) is 12.3 Å². The summed E-state index contributed by atoms with van der Waals surface area (Å²) < 4.78 is 0.437. The zero-order chi connectivity index (χ0) is 29.2. The fraction of sp³-hybridized carbons (Fsp3) is 0.939. The fourth-order valence-electron chi connectivity index (χ4n) is 5.33. The van der Waals surface area contributed by atoms with Crippen LogP contribution < -0.4 is 12.4 Å². The summed E-state index contributed by atoms with van der Waals surface area (Å²) in [6.45, 7) is 1.98. The van der Waals surface area contributed by atoms with Crippen LogP contribution >= 0.6 is 0 Å². The molecule has 0 fully saturated rings. The number of quaternary nitrogens is 1. The van der Waals surface area contributed by atoms with E-state index in [1.54, 1.807) is 0 Å². The number of Topliss-reactive ketones (excluding diaryl/α,β-unsaturated/α-hetero) is 1. The maximum Gasteiger partial charge on any atom is 0.278 e. The lowest BCUT2D eigenvalue weighted by Gasteiger charge is -2.32. The van der Waals surface area contributed by atoms with Crippen LogP contribution in [-0.4, -0.2) is 84.8 Å². The van der Waals surface area contributed by atoms with Crippen LogP contribution in [0, 0.1) is 0 Å². The van der Waals surface area contributed by atoms with Gasteiger partial charge >= 0.3 is 0 Å². The molecule has 2 N–H and O–H groups in total. The van der Waals surface area contributed by atoms with Gasteiger partial charge in [0.05, 0.1) is 34.4 Å². The first kappa shape index (κ1) is 41.4. The normalized spacial score (nSPS) is 12.2. The Kier molecular flexibility index (Phi) is 29.5. The van der Waals surface area contributed by atoms with Gasteiger partial charge in [-0.1, -0.05) is 135 Å². The molecule has 0 aromatic heterocycles. The molecule has 40 heavy (non-hydrogen) atoms. The second kappa shape index (κ2) is 28.4. The van der Waals surface area contributed by atoms with Crippen molar-refractivity contribution < 1.29 is 36.7 Å². The van der Waals surface area contributed by atoms with Crippen LogP contribution in [0.15, 0.2) is 0 Å². The van der Waals surface area contributed by atoms with E-state index in [0.29, 0.717) is 10.9 Å². The number of halogens is 1. The molecule has 1 amide bonds. The Morgan fingerprint density at radius 1 is 0.625 bits per heavy atom. The maximum absolute atomic E-state index is 12.7. The second-order valence-corrected chi connectivity index (χ2v) is 12.7. The van der Waals surface area contributed by atoms with Gasteiger partial charge in [0.25, 0.3) is 5.91 Å². The van der Waals surface area contributed by atoms with Gasteiger partial charge in [0, 0.05) is 13.0 Å². The first-order chi connectivity index (χ1) is 18.8. The number of hydrogen-bond donors (Lipinski definition) is 2. The molecular weight excluding hydrogens is 524 g/mol. The summed E-state index contributed by atoms with van der Waals surface area (Å²) in [5.74, 6) is -0.304. The van der Waals surface area contributed by atoms with Crippen LogP contribution in [0.1, 0.15) is 148 Å². The monoisotopic (exact) mass is 590 g/mol. The average molecular weight is 591 g/mol. The van der Waals surface area contributed by atoms with Crippen molar-refractivity contribution >= 4 is 11.7 Å². The van der Waals surface area contributed by atoms with Gasteiger partial charge in [-0.3, -0.25) is 9.59 Å². The van der Waals surface area contributed by atoms with E-state index in [9.17, 15) is 19.8 Å². The number of hydrogen-bond acceptors (Lipinski definition) is 4. The minimum Gasteiger partial charge on any atom is -1.00 e. The highest BCUT2D eigenvalue weighted by molar-refractivity contribution is 5.89. The number of ketones is 1. The highest BCUT2D eigenvalue weighted by atomic mass is 35.5. The standard InChI is InChI=1S/C33H67N2O4.ClH/c1-5-6-7-8-9-10-11-12-13-14-15-16-17-18-19-20-21-22-23-24-25-26-32(38)31(30-37)34(27-28-36)33(39)29-35(2,3)4;/h31,36-37H,5-30H2,1-4H3;1H/q+1;/p-1. The van der Waals surface area contributed by atoms with Crippen molar-refractivity contribution in [3.8, 4) is 0 Å². The smallest absolute Gasteiger partial charge is 0.278 e. The van der Waals surface area contributed by atoms with Crippen molar-refractivity contribution in [2.24, 2.45) is 0 Å². The third kappa shape index (κ3) is 25.1. The summed E-state index contributed by atoms with van der Waals surface area (Å²) in [6, 6.07) is -0.846. The minimum atomic E-state index is -0.846. The highest BCUT2D eigenvalue weighted by Gasteiger charge is 2.31. The van der Waals surface area contributed by atoms with Gasteiger partial charge in [0.1, 0.15) is 6.04 Å². The van der Waals surface area contributed by atoms with E-state index in [1.165, 1.54) is 120 Å². The van der Waals surface area contributed by atoms with E-state index in [1.807, 2.05) is 21.1 Å². The summed E-state index contributed by atoms with van der Waals surface area (Å²) in [5, 5.41) is 19.2. The molecule has 1 atom stereocenters. The Morgan fingerprint density at radius 2 is 0.975 bits per heavy atom. The number of amides is 1. The molecule has 0 spiro atoms. The SMILES string of the molecule is CCCCCCCCCCCCCCCCCCCCCCCC(=O)C(CO)N(CCO)C(=O)C[N+](C)(C)C.[Cl-]. The lowest BCUT2D eigenvalue weighted by atomic mass is 10.0. The lowest BCUT2D eigenvalue weighted by molar-refractivity contribution is -0.862. The van der Waals surface area contributed by atoms with Crippen LogP contribution in [0.3, 0.4) is 0 Å². The zero-order valence-corrected chi connectivity index (χ0v) is 27.7. The van der Waals surface area contributed by atoms with Gasteiger partial charge < -0.3 is 32.0 Å². The molecule has 7 heteroatoms. The van der Waals surface area contributed by atoms with Crippen LogP contribution in [0.5, 0.6) is 0 Å². The quantitative estimate of drug-likeness (QED) is 0.102. The summed E-state index contributed by atoms with van der Waals surface area (Å²) in [6.07, 6.45) is 28.3. The predicted octanol–water partition coefficient (Wildman–Crippen LogP) is 4.05. The minimum absolute atomic E-state index is 0. The molecule has 0 rings (SSSR count). The van der Waals surface area contributed by atoms with Crippen molar-refractivity contribution in [3.05, 3.63) is 0 Å². The molecule has 6 nitrogen and oxygen atoms in total. The van der Waals surface area contributed by atoms with Crippen LogP contribution in [0.25, 0.3) is 0 Å². The molecule has 240 valence electrons. The fourth-order valence-corrected chi connectivity index (χ4v) is 5.33. The summed E-state index contributed by atoms with van der Waals surface area (Å²) in [5.41, 5.74) is 0. The average Bonchev–Trinajstić information content (AvgIpc) is 2.88. The van der Waals surface area contributed by atoms with Gasteiger partial charge in [0.2, 0.25) is 0 Å². The van der Waals surface area contributed by atoms with E-state index < -0.39 is 6.04 Å². The van der Waals surface area contributed by atoms with Gasteiger partial charge in [-0.25, -0.2) is 0 Å². The molecule has 0 aliphatic carbocycles. The van der Waals surface area contributed by atoms with E-state index in [0.717, 1.165) is 19.3 Å². The predicted molar refractivity (Wildman–Crippen MR) is 165 cm³/mol. The second-order valence-electron chi connectivity index (χ2n) is 12.7. The Balaban J connectivity index is 0. The molecule has 0 saturated carbocycles. The summed E-state index contributed by atoms with van der Waals surface area (Å²) >= 11 is 0. The zero-order valence-electron chi connectivity index (χ0n) is 26.9. The number of likely N-dealkylation sites (N-methyl/N-ethyl adjacent to an activating group) is 1. The molecule has 0 aromatic rings. The van der Waals surface area contributed by atoms with E-state index in [2.05, 4.69) is 6.92 Å². The molecule has 0 saturated heterocycles. The number of unbranched alkanes of at least 4 members (excludes halogenated alkanes) is 20. The number of nitrogens with zero attached hydrogens (tertiary/aromatic N) is 2. The van der Waals surface area contributed by atoms with E-state index in [4.69, 9.17) is 0 Å². The third-order valence-electron chi connectivity index (χ3n) is 7.72.